The smallest absolute Gasteiger partial charge is 0.284 e. The number of aromatic nitrogens is 2. The number of nitrogens with zero attached hydrogens (tertiary/aromatic N) is 2. The lowest BCUT2D eigenvalue weighted by Crippen LogP contribution is -2.38. The van der Waals surface area contributed by atoms with Crippen molar-refractivity contribution in [2.24, 2.45) is 5.73 Å². The molecule has 0 unspecified atom stereocenters. The minimum Gasteiger partial charge on any atom is -0.394 e. The average molecular weight is 306 g/mol. The fourth-order valence-electron chi connectivity index (χ4n) is 1.94. The van der Waals surface area contributed by atoms with Crippen molar-refractivity contribution in [3.8, 4) is 0 Å². The zero-order chi connectivity index (χ0) is 15.0. The highest BCUT2D eigenvalue weighted by atomic mass is 35.5. The molecule has 1 aliphatic rings. The molecule has 5 N–H and O–H groups in total. The first kappa shape index (κ1) is 14.9. The van der Waals surface area contributed by atoms with Gasteiger partial charge in [-0.2, -0.15) is 0 Å². The highest BCUT2D eigenvalue weighted by Crippen LogP contribution is 2.28. The topological polar surface area (TPSA) is 148 Å². The number of primary amides is 1. The van der Waals surface area contributed by atoms with Crippen LogP contribution in [0.3, 0.4) is 0 Å². The van der Waals surface area contributed by atoms with E-state index < -0.39 is 48.3 Å². The van der Waals surface area contributed by atoms with Crippen molar-refractivity contribution < 1.29 is 24.9 Å². The number of aliphatic hydroxyl groups is 3. The zero-order valence-electron chi connectivity index (χ0n) is 10.0. The minimum atomic E-state index is -1.48. The number of carbonyl (C=O) groups excluding carboxylic acids is 1. The molecule has 0 bridgehead atoms. The molecular weight excluding hydrogens is 294 g/mol. The van der Waals surface area contributed by atoms with Gasteiger partial charge in [0.15, 0.2) is 11.9 Å². The molecule has 0 spiro atoms. The van der Waals surface area contributed by atoms with E-state index in [9.17, 15) is 19.8 Å². The molecule has 110 valence electrons. The van der Waals surface area contributed by atoms with Crippen LogP contribution in [0.15, 0.2) is 11.0 Å². The van der Waals surface area contributed by atoms with Gasteiger partial charge in [-0.25, -0.2) is 4.98 Å². The molecule has 1 aliphatic heterocycles. The summed E-state index contributed by atoms with van der Waals surface area (Å²) in [6.45, 7) is -0.551. The molecular formula is C10H12ClN3O6. The Morgan fingerprint density at radius 2 is 2.15 bits per heavy atom. The SMILES string of the molecule is NC(=O)c1nc(Cl)cn([C@@H]2O[C@H](CO)[C@@H](O)[C@@H]2O)c1=O. The molecule has 0 aromatic carbocycles. The Hall–Kier alpha value is -1.52. The Bertz CT molecular complexity index is 591. The number of amides is 1. The second-order valence-electron chi connectivity index (χ2n) is 4.22. The normalized spacial score (nSPS) is 29.6. The van der Waals surface area contributed by atoms with Gasteiger partial charge in [0.1, 0.15) is 23.5 Å². The molecule has 1 aromatic rings. The van der Waals surface area contributed by atoms with Crippen LogP contribution in [-0.4, -0.2) is 55.7 Å². The van der Waals surface area contributed by atoms with E-state index >= 15 is 0 Å². The monoisotopic (exact) mass is 305 g/mol. The van der Waals surface area contributed by atoms with E-state index in [0.29, 0.717) is 0 Å². The molecule has 1 aromatic heterocycles. The first-order valence-corrected chi connectivity index (χ1v) is 5.95. The first-order chi connectivity index (χ1) is 9.36. The summed E-state index contributed by atoms with van der Waals surface area (Å²) in [6, 6.07) is 0. The second-order valence-corrected chi connectivity index (χ2v) is 4.61. The summed E-state index contributed by atoms with van der Waals surface area (Å²) in [6.07, 6.45) is -4.21. The van der Waals surface area contributed by atoms with E-state index in [4.69, 9.17) is 27.2 Å². The van der Waals surface area contributed by atoms with Crippen molar-refractivity contribution in [3.63, 3.8) is 0 Å². The van der Waals surface area contributed by atoms with E-state index in [1.54, 1.807) is 0 Å². The number of hydrogen-bond donors (Lipinski definition) is 4. The van der Waals surface area contributed by atoms with E-state index in [-0.39, 0.29) is 5.15 Å². The van der Waals surface area contributed by atoms with Crippen molar-refractivity contribution in [3.05, 3.63) is 27.4 Å². The highest BCUT2D eigenvalue weighted by molar-refractivity contribution is 6.29. The van der Waals surface area contributed by atoms with Crippen molar-refractivity contribution >= 4 is 17.5 Å². The summed E-state index contributed by atoms with van der Waals surface area (Å²) in [5.74, 6) is -1.09. The number of ether oxygens (including phenoxy) is 1. The lowest BCUT2D eigenvalue weighted by Gasteiger charge is -2.18. The van der Waals surface area contributed by atoms with Crippen molar-refractivity contribution in [1.29, 1.82) is 0 Å². The van der Waals surface area contributed by atoms with Crippen molar-refractivity contribution in [1.82, 2.24) is 9.55 Å². The van der Waals surface area contributed by atoms with E-state index in [1.165, 1.54) is 0 Å². The Morgan fingerprint density at radius 1 is 1.50 bits per heavy atom. The van der Waals surface area contributed by atoms with Crippen LogP contribution < -0.4 is 11.3 Å². The summed E-state index contributed by atoms with van der Waals surface area (Å²) in [7, 11) is 0. The van der Waals surface area contributed by atoms with Crippen LogP contribution >= 0.6 is 11.6 Å². The van der Waals surface area contributed by atoms with Gasteiger partial charge in [-0.15, -0.1) is 0 Å². The van der Waals surface area contributed by atoms with Crippen LogP contribution in [0.5, 0.6) is 0 Å². The number of hydrogen-bond acceptors (Lipinski definition) is 7. The van der Waals surface area contributed by atoms with Gasteiger partial charge in [-0.05, 0) is 0 Å². The molecule has 20 heavy (non-hydrogen) atoms. The van der Waals surface area contributed by atoms with Gasteiger partial charge in [0.25, 0.3) is 11.5 Å². The van der Waals surface area contributed by atoms with Gasteiger partial charge in [-0.3, -0.25) is 14.2 Å². The minimum absolute atomic E-state index is 0.212. The molecule has 1 saturated heterocycles. The summed E-state index contributed by atoms with van der Waals surface area (Å²) in [5.41, 5.74) is 3.47. The largest absolute Gasteiger partial charge is 0.394 e. The number of nitrogens with two attached hydrogens (primary N) is 1. The summed E-state index contributed by atoms with van der Waals surface area (Å²) in [5, 5.41) is 28.2. The van der Waals surface area contributed by atoms with Gasteiger partial charge in [0.05, 0.1) is 6.61 Å². The third kappa shape index (κ3) is 2.41. The second kappa shape index (κ2) is 5.46. The fraction of sp³-hybridized carbons (Fsp3) is 0.500. The van der Waals surface area contributed by atoms with Gasteiger partial charge < -0.3 is 25.8 Å². The van der Waals surface area contributed by atoms with Crippen LogP contribution in [0, 0.1) is 0 Å². The zero-order valence-corrected chi connectivity index (χ0v) is 10.8. The maximum atomic E-state index is 12.0. The molecule has 2 heterocycles. The van der Waals surface area contributed by atoms with Crippen LogP contribution in [-0.2, 0) is 4.74 Å². The van der Waals surface area contributed by atoms with Gasteiger partial charge in [0.2, 0.25) is 0 Å². The Morgan fingerprint density at radius 3 is 2.65 bits per heavy atom. The van der Waals surface area contributed by atoms with Gasteiger partial charge in [0, 0.05) is 6.20 Å². The molecule has 9 nitrogen and oxygen atoms in total. The van der Waals surface area contributed by atoms with Crippen LogP contribution in [0.4, 0.5) is 0 Å². The van der Waals surface area contributed by atoms with Crippen LogP contribution in [0.1, 0.15) is 16.7 Å². The molecule has 0 saturated carbocycles. The van der Waals surface area contributed by atoms with Gasteiger partial charge in [-0.1, -0.05) is 11.6 Å². The van der Waals surface area contributed by atoms with Crippen LogP contribution in [0.2, 0.25) is 5.15 Å². The highest BCUT2D eigenvalue weighted by Gasteiger charge is 2.44. The predicted octanol–water partition coefficient (Wildman–Crippen LogP) is -2.39. The molecule has 0 aliphatic carbocycles. The lowest BCUT2D eigenvalue weighted by molar-refractivity contribution is -0.0545. The van der Waals surface area contributed by atoms with E-state index in [2.05, 4.69) is 4.98 Å². The molecule has 1 amide bonds. The Balaban J connectivity index is 2.49. The maximum absolute atomic E-state index is 12.0. The third-order valence-electron chi connectivity index (χ3n) is 2.93. The van der Waals surface area contributed by atoms with Crippen molar-refractivity contribution in [2.45, 2.75) is 24.5 Å². The molecule has 4 atom stereocenters. The lowest BCUT2D eigenvalue weighted by atomic mass is 10.1. The maximum Gasteiger partial charge on any atom is 0.284 e. The summed E-state index contributed by atoms with van der Waals surface area (Å²) < 4.78 is 5.97. The number of rotatable bonds is 3. The average Bonchev–Trinajstić information content (AvgIpc) is 2.68. The van der Waals surface area contributed by atoms with Crippen molar-refractivity contribution in [2.75, 3.05) is 6.61 Å². The van der Waals surface area contributed by atoms with Gasteiger partial charge >= 0.3 is 0 Å². The Labute approximate surface area is 117 Å². The standard InChI is InChI=1S/C10H12ClN3O6/c11-4-1-14(9(19)5(13-4)8(12)18)10-7(17)6(16)3(2-15)20-10/h1,3,6-7,10,15-17H,2H2,(H2,12,18)/t3-,6-,7+,10-/m1/s1. The quantitative estimate of drug-likeness (QED) is 0.487. The molecule has 1 fully saturated rings. The van der Waals surface area contributed by atoms with E-state index in [0.717, 1.165) is 10.8 Å². The first-order valence-electron chi connectivity index (χ1n) is 5.57. The predicted molar refractivity (Wildman–Crippen MR) is 65.0 cm³/mol. The number of aliphatic hydroxyl groups excluding tert-OH is 3. The molecule has 0 radical (unpaired) electrons. The number of halogens is 1. The van der Waals surface area contributed by atoms with E-state index in [1.807, 2.05) is 0 Å². The third-order valence-corrected chi connectivity index (χ3v) is 3.11. The summed E-state index contributed by atoms with van der Waals surface area (Å²) >= 11 is 5.67. The Kier molecular flexibility index (Phi) is 4.06. The molecule has 10 heteroatoms. The number of carbonyl (C=O) groups is 1. The van der Waals surface area contributed by atoms with Crippen LogP contribution in [0.25, 0.3) is 0 Å². The molecule has 2 rings (SSSR count). The fourth-order valence-corrected chi connectivity index (χ4v) is 2.13. The summed E-state index contributed by atoms with van der Waals surface area (Å²) in [4.78, 5) is 26.6.